The highest BCUT2D eigenvalue weighted by molar-refractivity contribution is 5.71. The van der Waals surface area contributed by atoms with E-state index in [0.29, 0.717) is 6.42 Å². The average Bonchev–Trinajstić information content (AvgIpc) is 2.30. The SMILES string of the molecule is CCN1CCC2(CC1)OC(=O)CCN2CC. The summed E-state index contributed by atoms with van der Waals surface area (Å²) in [4.78, 5) is 16.2. The maximum Gasteiger partial charge on any atom is 0.308 e. The normalized spacial score (nSPS) is 27.0. The molecule has 0 aromatic carbocycles. The van der Waals surface area contributed by atoms with Gasteiger partial charge in [-0.15, -0.1) is 0 Å². The summed E-state index contributed by atoms with van der Waals surface area (Å²) in [5.74, 6) is -0.0188. The van der Waals surface area contributed by atoms with E-state index < -0.39 is 0 Å². The van der Waals surface area contributed by atoms with Gasteiger partial charge in [0, 0.05) is 32.5 Å². The van der Waals surface area contributed by atoms with Crippen LogP contribution in [0, 0.1) is 0 Å². The molecule has 2 heterocycles. The monoisotopic (exact) mass is 226 g/mol. The number of esters is 1. The highest BCUT2D eigenvalue weighted by atomic mass is 16.6. The molecule has 0 atom stereocenters. The maximum absolute atomic E-state index is 11.5. The number of likely N-dealkylation sites (tertiary alicyclic amines) is 1. The smallest absolute Gasteiger partial charge is 0.308 e. The number of nitrogens with zero attached hydrogens (tertiary/aromatic N) is 2. The molecule has 0 unspecified atom stereocenters. The second kappa shape index (κ2) is 4.72. The number of rotatable bonds is 2. The van der Waals surface area contributed by atoms with E-state index in [1.165, 1.54) is 0 Å². The minimum absolute atomic E-state index is 0.0188. The minimum atomic E-state index is -0.282. The van der Waals surface area contributed by atoms with Gasteiger partial charge in [-0.3, -0.25) is 9.69 Å². The average molecular weight is 226 g/mol. The van der Waals surface area contributed by atoms with Gasteiger partial charge in [0.1, 0.15) is 0 Å². The van der Waals surface area contributed by atoms with E-state index in [4.69, 9.17) is 4.74 Å². The number of ether oxygens (including phenoxy) is 1. The van der Waals surface area contributed by atoms with Crippen LogP contribution in [-0.4, -0.2) is 54.2 Å². The number of hydrogen-bond donors (Lipinski definition) is 0. The van der Waals surface area contributed by atoms with Crippen LogP contribution in [0.2, 0.25) is 0 Å². The quantitative estimate of drug-likeness (QED) is 0.659. The lowest BCUT2D eigenvalue weighted by molar-refractivity contribution is -0.212. The number of hydrogen-bond acceptors (Lipinski definition) is 4. The van der Waals surface area contributed by atoms with E-state index in [-0.39, 0.29) is 11.7 Å². The highest BCUT2D eigenvalue weighted by Gasteiger charge is 2.44. The summed E-state index contributed by atoms with van der Waals surface area (Å²) in [6, 6.07) is 0. The Hall–Kier alpha value is -0.610. The van der Waals surface area contributed by atoms with Gasteiger partial charge < -0.3 is 9.64 Å². The molecule has 2 aliphatic rings. The van der Waals surface area contributed by atoms with Gasteiger partial charge >= 0.3 is 5.97 Å². The van der Waals surface area contributed by atoms with E-state index >= 15 is 0 Å². The molecule has 0 N–H and O–H groups in total. The molecular formula is C12H22N2O2. The first kappa shape index (κ1) is 11.9. The van der Waals surface area contributed by atoms with Crippen LogP contribution in [0.3, 0.4) is 0 Å². The van der Waals surface area contributed by atoms with Crippen LogP contribution in [0.4, 0.5) is 0 Å². The van der Waals surface area contributed by atoms with E-state index in [2.05, 4.69) is 23.6 Å². The lowest BCUT2D eigenvalue weighted by atomic mass is 9.96. The number of piperidine rings is 1. The fourth-order valence-corrected chi connectivity index (χ4v) is 2.84. The summed E-state index contributed by atoms with van der Waals surface area (Å²) in [5.41, 5.74) is -0.282. The molecule has 0 bridgehead atoms. The van der Waals surface area contributed by atoms with Crippen molar-refractivity contribution >= 4 is 5.97 Å². The predicted molar refractivity (Wildman–Crippen MR) is 62.0 cm³/mol. The van der Waals surface area contributed by atoms with Crippen molar-refractivity contribution in [2.45, 2.75) is 38.8 Å². The van der Waals surface area contributed by atoms with Crippen LogP contribution in [0.25, 0.3) is 0 Å². The van der Waals surface area contributed by atoms with Gasteiger partial charge in [0.25, 0.3) is 0 Å². The zero-order chi connectivity index (χ0) is 11.6. The van der Waals surface area contributed by atoms with E-state index in [9.17, 15) is 4.79 Å². The Morgan fingerprint density at radius 2 is 1.88 bits per heavy atom. The van der Waals surface area contributed by atoms with Gasteiger partial charge in [-0.05, 0) is 13.1 Å². The van der Waals surface area contributed by atoms with Crippen molar-refractivity contribution in [1.29, 1.82) is 0 Å². The molecule has 92 valence electrons. The van der Waals surface area contributed by atoms with Crippen LogP contribution in [0.15, 0.2) is 0 Å². The highest BCUT2D eigenvalue weighted by Crippen LogP contribution is 2.33. The Morgan fingerprint density at radius 3 is 2.44 bits per heavy atom. The second-order valence-electron chi connectivity index (χ2n) is 4.68. The fourth-order valence-electron chi connectivity index (χ4n) is 2.84. The third-order valence-electron chi connectivity index (χ3n) is 3.93. The van der Waals surface area contributed by atoms with Crippen molar-refractivity contribution in [1.82, 2.24) is 9.80 Å². The molecule has 0 aliphatic carbocycles. The molecular weight excluding hydrogens is 204 g/mol. The summed E-state index contributed by atoms with van der Waals surface area (Å²) in [5, 5.41) is 0. The molecule has 4 heteroatoms. The van der Waals surface area contributed by atoms with Gasteiger partial charge in [0.15, 0.2) is 5.72 Å². The van der Waals surface area contributed by atoms with Crippen LogP contribution in [-0.2, 0) is 9.53 Å². The Bertz CT molecular complexity index is 260. The van der Waals surface area contributed by atoms with Crippen LogP contribution in [0.5, 0.6) is 0 Å². The van der Waals surface area contributed by atoms with Crippen LogP contribution >= 0.6 is 0 Å². The maximum atomic E-state index is 11.5. The van der Waals surface area contributed by atoms with Crippen molar-refractivity contribution in [2.75, 3.05) is 32.7 Å². The first-order valence-electron chi connectivity index (χ1n) is 6.39. The van der Waals surface area contributed by atoms with Gasteiger partial charge in [0.2, 0.25) is 0 Å². The Balaban J connectivity index is 2.06. The van der Waals surface area contributed by atoms with Gasteiger partial charge in [-0.2, -0.15) is 0 Å². The summed E-state index contributed by atoms with van der Waals surface area (Å²) in [7, 11) is 0. The molecule has 0 radical (unpaired) electrons. The summed E-state index contributed by atoms with van der Waals surface area (Å²) >= 11 is 0. The van der Waals surface area contributed by atoms with Crippen molar-refractivity contribution in [2.24, 2.45) is 0 Å². The molecule has 2 rings (SSSR count). The van der Waals surface area contributed by atoms with Gasteiger partial charge in [-0.1, -0.05) is 13.8 Å². The third-order valence-corrected chi connectivity index (χ3v) is 3.93. The zero-order valence-electron chi connectivity index (χ0n) is 10.4. The molecule has 2 saturated heterocycles. The summed E-state index contributed by atoms with van der Waals surface area (Å²) < 4.78 is 5.67. The molecule has 4 nitrogen and oxygen atoms in total. The first-order chi connectivity index (χ1) is 7.70. The summed E-state index contributed by atoms with van der Waals surface area (Å²) in [6.45, 7) is 9.34. The molecule has 2 fully saturated rings. The molecule has 2 aliphatic heterocycles. The Labute approximate surface area is 97.5 Å². The van der Waals surface area contributed by atoms with Crippen molar-refractivity contribution in [3.63, 3.8) is 0 Å². The largest absolute Gasteiger partial charge is 0.444 e. The van der Waals surface area contributed by atoms with E-state index in [0.717, 1.165) is 45.6 Å². The molecule has 0 aromatic heterocycles. The molecule has 1 spiro atoms. The number of carbonyl (C=O) groups excluding carboxylic acids is 1. The van der Waals surface area contributed by atoms with Gasteiger partial charge in [-0.25, -0.2) is 0 Å². The third kappa shape index (κ3) is 2.09. The standard InChI is InChI=1S/C12H22N2O2/c1-3-13-9-6-12(7-10-13)14(4-2)8-5-11(15)16-12/h3-10H2,1-2H3. The molecule has 0 amide bonds. The predicted octanol–water partition coefficient (Wildman–Crippen LogP) is 1.07. The second-order valence-corrected chi connectivity index (χ2v) is 4.68. The van der Waals surface area contributed by atoms with E-state index in [1.807, 2.05) is 0 Å². The number of carbonyl (C=O) groups is 1. The topological polar surface area (TPSA) is 32.8 Å². The van der Waals surface area contributed by atoms with Crippen molar-refractivity contribution < 1.29 is 9.53 Å². The minimum Gasteiger partial charge on any atom is -0.444 e. The fraction of sp³-hybridized carbons (Fsp3) is 0.917. The van der Waals surface area contributed by atoms with Crippen molar-refractivity contribution in [3.05, 3.63) is 0 Å². The van der Waals surface area contributed by atoms with E-state index in [1.54, 1.807) is 0 Å². The zero-order valence-corrected chi connectivity index (χ0v) is 10.4. The summed E-state index contributed by atoms with van der Waals surface area (Å²) in [6.07, 6.45) is 2.47. The molecule has 0 aromatic rings. The molecule has 16 heavy (non-hydrogen) atoms. The lowest BCUT2D eigenvalue weighted by Crippen LogP contribution is -2.60. The molecule has 0 saturated carbocycles. The Morgan fingerprint density at radius 1 is 1.19 bits per heavy atom. The van der Waals surface area contributed by atoms with Crippen molar-refractivity contribution in [3.8, 4) is 0 Å². The lowest BCUT2D eigenvalue weighted by Gasteiger charge is -2.49. The van der Waals surface area contributed by atoms with Crippen LogP contribution < -0.4 is 0 Å². The van der Waals surface area contributed by atoms with Gasteiger partial charge in [0.05, 0.1) is 6.42 Å². The van der Waals surface area contributed by atoms with Crippen LogP contribution in [0.1, 0.15) is 33.1 Å². The first-order valence-corrected chi connectivity index (χ1v) is 6.39. The Kier molecular flexibility index (Phi) is 3.50.